The van der Waals surface area contributed by atoms with Gasteiger partial charge in [-0.3, -0.25) is 4.99 Å². The molecule has 0 aromatic carbocycles. The third-order valence-electron chi connectivity index (χ3n) is 2.51. The summed E-state index contributed by atoms with van der Waals surface area (Å²) in [5.41, 5.74) is 7.75. The van der Waals surface area contributed by atoms with Gasteiger partial charge in [0, 0.05) is 12.1 Å². The minimum atomic E-state index is 0.0529. The van der Waals surface area contributed by atoms with Crippen LogP contribution in [0.2, 0.25) is 0 Å². The highest BCUT2D eigenvalue weighted by molar-refractivity contribution is 5.78. The number of aromatic nitrogens is 1. The maximum atomic E-state index is 5.82. The maximum absolute atomic E-state index is 5.82. The lowest BCUT2D eigenvalue weighted by atomic mass is 10.1. The van der Waals surface area contributed by atoms with Gasteiger partial charge in [0.2, 0.25) is 0 Å². The van der Waals surface area contributed by atoms with Crippen LogP contribution in [0.25, 0.3) is 0 Å². The summed E-state index contributed by atoms with van der Waals surface area (Å²) in [4.78, 5) is 4.27. The van der Waals surface area contributed by atoms with Gasteiger partial charge in [-0.2, -0.15) is 0 Å². The molecule has 0 saturated heterocycles. The molecule has 1 unspecified atom stereocenters. The fourth-order valence-electron chi connectivity index (χ4n) is 1.73. The van der Waals surface area contributed by atoms with E-state index in [0.717, 1.165) is 23.6 Å². The lowest BCUT2D eigenvalue weighted by molar-refractivity contribution is 0.391. The summed E-state index contributed by atoms with van der Waals surface area (Å²) < 4.78 is 5.13. The van der Waals surface area contributed by atoms with E-state index in [1.807, 2.05) is 20.8 Å². The Morgan fingerprint density at radius 3 is 2.53 bits per heavy atom. The molecule has 0 fully saturated rings. The van der Waals surface area contributed by atoms with Crippen molar-refractivity contribution >= 4 is 5.96 Å². The molecule has 0 amide bonds. The van der Waals surface area contributed by atoms with Crippen LogP contribution in [0.3, 0.4) is 0 Å². The summed E-state index contributed by atoms with van der Waals surface area (Å²) in [6.07, 6.45) is 0. The Morgan fingerprint density at radius 1 is 1.41 bits per heavy atom. The number of hydrogen-bond acceptors (Lipinski definition) is 3. The van der Waals surface area contributed by atoms with Gasteiger partial charge in [0.05, 0.1) is 11.7 Å². The van der Waals surface area contributed by atoms with Crippen molar-refractivity contribution in [3.05, 3.63) is 17.0 Å². The first-order valence-corrected chi connectivity index (χ1v) is 5.91. The quantitative estimate of drug-likeness (QED) is 0.620. The van der Waals surface area contributed by atoms with E-state index < -0.39 is 0 Å². The van der Waals surface area contributed by atoms with Crippen LogP contribution in [0.15, 0.2) is 9.52 Å². The van der Waals surface area contributed by atoms with E-state index in [2.05, 4.69) is 29.3 Å². The fourth-order valence-corrected chi connectivity index (χ4v) is 1.73. The van der Waals surface area contributed by atoms with E-state index >= 15 is 0 Å². The Balaban J connectivity index is 2.66. The molecule has 1 aromatic rings. The first-order valence-electron chi connectivity index (χ1n) is 5.91. The number of nitrogens with zero attached hydrogens (tertiary/aromatic N) is 2. The molecule has 1 atom stereocenters. The van der Waals surface area contributed by atoms with E-state index in [1.54, 1.807) is 0 Å². The predicted molar refractivity (Wildman–Crippen MR) is 68.9 cm³/mol. The van der Waals surface area contributed by atoms with Crippen LogP contribution in [0.1, 0.15) is 43.8 Å². The smallest absolute Gasteiger partial charge is 0.189 e. The number of nitrogens with one attached hydrogen (secondary N) is 1. The van der Waals surface area contributed by atoms with E-state index in [0.29, 0.717) is 11.9 Å². The number of hydrogen-bond donors (Lipinski definition) is 2. The summed E-state index contributed by atoms with van der Waals surface area (Å²) in [6.45, 7) is 10.8. The molecule has 1 rings (SSSR count). The fraction of sp³-hybridized carbons (Fsp3) is 0.667. The molecule has 1 aromatic heterocycles. The van der Waals surface area contributed by atoms with Crippen LogP contribution in [0.4, 0.5) is 0 Å². The van der Waals surface area contributed by atoms with Crippen molar-refractivity contribution in [2.45, 2.75) is 40.7 Å². The summed E-state index contributed by atoms with van der Waals surface area (Å²) in [6, 6.07) is 0.0529. The van der Waals surface area contributed by atoms with Crippen molar-refractivity contribution in [1.82, 2.24) is 10.5 Å². The lowest BCUT2D eigenvalue weighted by Crippen LogP contribution is -2.34. The van der Waals surface area contributed by atoms with Crippen LogP contribution >= 0.6 is 0 Å². The maximum Gasteiger partial charge on any atom is 0.189 e. The molecule has 1 heterocycles. The lowest BCUT2D eigenvalue weighted by Gasteiger charge is -2.14. The normalized spacial score (nSPS) is 14.1. The Labute approximate surface area is 102 Å². The topological polar surface area (TPSA) is 76.4 Å². The van der Waals surface area contributed by atoms with Crippen LogP contribution in [0, 0.1) is 19.8 Å². The van der Waals surface area contributed by atoms with Gasteiger partial charge in [0.15, 0.2) is 5.96 Å². The molecule has 0 saturated carbocycles. The average molecular weight is 238 g/mol. The van der Waals surface area contributed by atoms with E-state index in [-0.39, 0.29) is 6.04 Å². The van der Waals surface area contributed by atoms with Gasteiger partial charge in [-0.05, 0) is 26.7 Å². The highest BCUT2D eigenvalue weighted by Gasteiger charge is 2.16. The largest absolute Gasteiger partial charge is 0.370 e. The SMILES string of the molecule is Cc1noc(C)c1C(C)NC(N)=NCC(C)C. The summed E-state index contributed by atoms with van der Waals surface area (Å²) in [5.74, 6) is 1.79. The minimum Gasteiger partial charge on any atom is -0.370 e. The van der Waals surface area contributed by atoms with E-state index in [1.165, 1.54) is 0 Å². The minimum absolute atomic E-state index is 0.0529. The highest BCUT2D eigenvalue weighted by atomic mass is 16.5. The molecular weight excluding hydrogens is 216 g/mol. The Bertz CT molecular complexity index is 376. The Hall–Kier alpha value is -1.52. The number of nitrogens with two attached hydrogens (primary N) is 1. The molecule has 0 spiro atoms. The molecule has 3 N–H and O–H groups in total. The van der Waals surface area contributed by atoms with Gasteiger partial charge in [-0.15, -0.1) is 0 Å². The standard InChI is InChI=1S/C12H22N4O/c1-7(2)6-14-12(13)15-8(3)11-9(4)16-17-10(11)5/h7-8H,6H2,1-5H3,(H3,13,14,15). The second-order valence-electron chi connectivity index (χ2n) is 4.72. The van der Waals surface area contributed by atoms with Crippen LogP contribution < -0.4 is 11.1 Å². The van der Waals surface area contributed by atoms with Crippen LogP contribution in [0.5, 0.6) is 0 Å². The van der Waals surface area contributed by atoms with Gasteiger partial charge in [0.25, 0.3) is 0 Å². The van der Waals surface area contributed by atoms with Gasteiger partial charge in [-0.1, -0.05) is 19.0 Å². The molecular formula is C12H22N4O. The number of aryl methyl sites for hydroxylation is 2. The molecule has 0 aliphatic carbocycles. The van der Waals surface area contributed by atoms with Crippen LogP contribution in [-0.2, 0) is 0 Å². The first-order chi connectivity index (χ1) is 7.91. The monoisotopic (exact) mass is 238 g/mol. The molecule has 5 nitrogen and oxygen atoms in total. The Kier molecular flexibility index (Phi) is 4.54. The molecule has 0 bridgehead atoms. The molecule has 5 heteroatoms. The Morgan fingerprint density at radius 2 is 2.06 bits per heavy atom. The first kappa shape index (κ1) is 13.5. The van der Waals surface area contributed by atoms with Crippen molar-refractivity contribution < 1.29 is 4.52 Å². The third-order valence-corrected chi connectivity index (χ3v) is 2.51. The highest BCUT2D eigenvalue weighted by Crippen LogP contribution is 2.20. The molecule has 0 aliphatic heterocycles. The number of aliphatic imine (C=N–C) groups is 1. The summed E-state index contributed by atoms with van der Waals surface area (Å²) >= 11 is 0. The molecule has 0 radical (unpaired) electrons. The average Bonchev–Trinajstić information content (AvgIpc) is 2.55. The van der Waals surface area contributed by atoms with Gasteiger partial charge in [0.1, 0.15) is 5.76 Å². The van der Waals surface area contributed by atoms with Gasteiger partial charge < -0.3 is 15.6 Å². The third kappa shape index (κ3) is 3.76. The van der Waals surface area contributed by atoms with Crippen LogP contribution in [-0.4, -0.2) is 17.7 Å². The van der Waals surface area contributed by atoms with Gasteiger partial charge in [-0.25, -0.2) is 0 Å². The zero-order valence-electron chi connectivity index (χ0n) is 11.2. The van der Waals surface area contributed by atoms with Crippen molar-refractivity contribution in [3.8, 4) is 0 Å². The summed E-state index contributed by atoms with van der Waals surface area (Å²) in [5, 5.41) is 7.07. The van der Waals surface area contributed by atoms with Crippen molar-refractivity contribution in [3.63, 3.8) is 0 Å². The second-order valence-corrected chi connectivity index (χ2v) is 4.72. The molecule has 0 aliphatic rings. The zero-order valence-corrected chi connectivity index (χ0v) is 11.2. The van der Waals surface area contributed by atoms with E-state index in [9.17, 15) is 0 Å². The van der Waals surface area contributed by atoms with E-state index in [4.69, 9.17) is 10.3 Å². The molecule has 96 valence electrons. The zero-order chi connectivity index (χ0) is 13.0. The predicted octanol–water partition coefficient (Wildman–Crippen LogP) is 1.91. The van der Waals surface area contributed by atoms with Gasteiger partial charge >= 0.3 is 0 Å². The van der Waals surface area contributed by atoms with Crippen molar-refractivity contribution in [2.75, 3.05) is 6.54 Å². The molecule has 17 heavy (non-hydrogen) atoms. The summed E-state index contributed by atoms with van der Waals surface area (Å²) in [7, 11) is 0. The number of rotatable bonds is 4. The number of guanidine groups is 1. The van der Waals surface area contributed by atoms with Crippen molar-refractivity contribution in [2.24, 2.45) is 16.6 Å². The second kappa shape index (κ2) is 5.70. The van der Waals surface area contributed by atoms with Crippen molar-refractivity contribution in [1.29, 1.82) is 0 Å².